The summed E-state index contributed by atoms with van der Waals surface area (Å²) in [5.41, 5.74) is 0.528. The van der Waals surface area contributed by atoms with Gasteiger partial charge in [0.05, 0.1) is 24.7 Å². The number of nitrogens with one attached hydrogen (secondary N) is 1. The van der Waals surface area contributed by atoms with Gasteiger partial charge in [-0.1, -0.05) is 0 Å². The summed E-state index contributed by atoms with van der Waals surface area (Å²) in [4.78, 5) is 23.9. The highest BCUT2D eigenvalue weighted by atomic mass is 16.5. The lowest BCUT2D eigenvalue weighted by molar-refractivity contribution is -0.136. The second-order valence-corrected chi connectivity index (χ2v) is 4.74. The maximum absolute atomic E-state index is 11.2. The number of nitriles is 1. The van der Waals surface area contributed by atoms with Crippen LogP contribution in [0.1, 0.15) is 5.56 Å². The highest BCUT2D eigenvalue weighted by Gasteiger charge is 2.24. The van der Waals surface area contributed by atoms with E-state index in [2.05, 4.69) is 5.32 Å². The Morgan fingerprint density at radius 2 is 1.90 bits per heavy atom. The summed E-state index contributed by atoms with van der Waals surface area (Å²) >= 11 is 0. The molecule has 1 fully saturated rings. The van der Waals surface area contributed by atoms with Gasteiger partial charge in [0.1, 0.15) is 18.5 Å². The molecule has 2 rings (SSSR count). The third-order valence-electron chi connectivity index (χ3n) is 2.91. The maximum Gasteiger partial charge on any atom is 0.240 e. The van der Waals surface area contributed by atoms with E-state index in [0.29, 0.717) is 11.3 Å². The second kappa shape index (κ2) is 6.83. The summed E-state index contributed by atoms with van der Waals surface area (Å²) in [6.45, 7) is 0.382. The van der Waals surface area contributed by atoms with Gasteiger partial charge in [-0.25, -0.2) is 0 Å². The average Bonchev–Trinajstić information content (AvgIpc) is 2.44. The summed E-state index contributed by atoms with van der Waals surface area (Å²) < 4.78 is 5.39. The lowest BCUT2D eigenvalue weighted by Crippen LogP contribution is -2.53. The van der Waals surface area contributed by atoms with E-state index in [1.165, 1.54) is 0 Å². The summed E-state index contributed by atoms with van der Waals surface area (Å²) in [5.74, 6) is -0.196. The van der Waals surface area contributed by atoms with Crippen LogP contribution in [0, 0.1) is 11.3 Å². The number of β-amino-alcohol motifs (C(OH)–C–C–N with tert-alkyl or cyclic N) is 1. The van der Waals surface area contributed by atoms with Crippen LogP contribution >= 0.6 is 0 Å². The van der Waals surface area contributed by atoms with Crippen molar-refractivity contribution < 1.29 is 19.4 Å². The number of carbonyl (C=O) groups excluding carboxylic acids is 2. The van der Waals surface area contributed by atoms with Crippen molar-refractivity contribution >= 4 is 11.8 Å². The van der Waals surface area contributed by atoms with Gasteiger partial charge in [-0.2, -0.15) is 5.26 Å². The largest absolute Gasteiger partial charge is 0.491 e. The Kier molecular flexibility index (Phi) is 4.87. The molecule has 1 aromatic carbocycles. The molecule has 2 N–H and O–H groups in total. The van der Waals surface area contributed by atoms with Crippen LogP contribution < -0.4 is 10.1 Å². The van der Waals surface area contributed by atoms with Crippen LogP contribution in [-0.4, -0.2) is 54.2 Å². The number of benzene rings is 1. The number of ether oxygens (including phenoxy) is 1. The molecule has 21 heavy (non-hydrogen) atoms. The first kappa shape index (κ1) is 15.0. The van der Waals surface area contributed by atoms with E-state index in [-0.39, 0.29) is 38.1 Å². The summed E-state index contributed by atoms with van der Waals surface area (Å²) in [6.07, 6.45) is -0.820. The zero-order valence-corrected chi connectivity index (χ0v) is 11.3. The first-order chi connectivity index (χ1) is 10.1. The third kappa shape index (κ3) is 4.56. The third-order valence-corrected chi connectivity index (χ3v) is 2.91. The van der Waals surface area contributed by atoms with Crippen molar-refractivity contribution in [3.63, 3.8) is 0 Å². The van der Waals surface area contributed by atoms with E-state index in [4.69, 9.17) is 10.00 Å². The quantitative estimate of drug-likeness (QED) is 0.692. The van der Waals surface area contributed by atoms with Gasteiger partial charge in [-0.05, 0) is 24.3 Å². The van der Waals surface area contributed by atoms with Crippen LogP contribution in [0.3, 0.4) is 0 Å². The fourth-order valence-corrected chi connectivity index (χ4v) is 1.99. The molecule has 0 aliphatic carbocycles. The predicted molar refractivity (Wildman–Crippen MR) is 72.2 cm³/mol. The van der Waals surface area contributed by atoms with Crippen molar-refractivity contribution in [2.75, 3.05) is 26.2 Å². The molecule has 0 bridgehead atoms. The van der Waals surface area contributed by atoms with E-state index >= 15 is 0 Å². The van der Waals surface area contributed by atoms with Crippen LogP contribution in [-0.2, 0) is 9.59 Å². The number of hydrogen-bond acceptors (Lipinski definition) is 6. The van der Waals surface area contributed by atoms with E-state index in [1.807, 2.05) is 6.07 Å². The Hall–Kier alpha value is -2.43. The zero-order chi connectivity index (χ0) is 15.2. The van der Waals surface area contributed by atoms with Crippen molar-refractivity contribution in [1.29, 1.82) is 5.26 Å². The first-order valence-electron chi connectivity index (χ1n) is 6.43. The first-order valence-corrected chi connectivity index (χ1v) is 6.43. The van der Waals surface area contributed by atoms with Crippen LogP contribution in [0.5, 0.6) is 5.75 Å². The molecular formula is C14H15N3O4. The number of hydrogen-bond donors (Lipinski definition) is 2. The van der Waals surface area contributed by atoms with E-state index in [0.717, 1.165) is 0 Å². The van der Waals surface area contributed by atoms with Crippen molar-refractivity contribution in [2.24, 2.45) is 0 Å². The SMILES string of the molecule is N#Cc1ccc(OCC(O)CN2CC(=O)NC(=O)C2)cc1. The van der Waals surface area contributed by atoms with Gasteiger partial charge in [0.2, 0.25) is 11.8 Å². The molecule has 1 unspecified atom stereocenters. The average molecular weight is 289 g/mol. The Labute approximate surface area is 121 Å². The fourth-order valence-electron chi connectivity index (χ4n) is 1.99. The number of aliphatic hydroxyl groups excluding tert-OH is 1. The molecule has 0 aromatic heterocycles. The van der Waals surface area contributed by atoms with Crippen LogP contribution in [0.2, 0.25) is 0 Å². The maximum atomic E-state index is 11.2. The topological polar surface area (TPSA) is 103 Å². The Balaban J connectivity index is 1.78. The minimum Gasteiger partial charge on any atom is -0.491 e. The van der Waals surface area contributed by atoms with E-state index in [9.17, 15) is 14.7 Å². The highest BCUT2D eigenvalue weighted by molar-refractivity contribution is 5.99. The zero-order valence-electron chi connectivity index (χ0n) is 11.3. The molecule has 1 aromatic rings. The molecule has 1 atom stereocenters. The summed E-state index contributed by atoms with van der Waals surface area (Å²) in [7, 11) is 0. The van der Waals surface area contributed by atoms with Gasteiger partial charge < -0.3 is 9.84 Å². The van der Waals surface area contributed by atoms with Crippen LogP contribution in [0.15, 0.2) is 24.3 Å². The smallest absolute Gasteiger partial charge is 0.240 e. The summed E-state index contributed by atoms with van der Waals surface area (Å²) in [5, 5.41) is 20.7. The van der Waals surface area contributed by atoms with Gasteiger partial charge in [-0.15, -0.1) is 0 Å². The molecule has 0 saturated carbocycles. The highest BCUT2D eigenvalue weighted by Crippen LogP contribution is 2.12. The number of piperazine rings is 1. The minimum atomic E-state index is -0.820. The minimum absolute atomic E-state index is 0.0399. The molecule has 1 aliphatic heterocycles. The fraction of sp³-hybridized carbons (Fsp3) is 0.357. The van der Waals surface area contributed by atoms with Crippen molar-refractivity contribution in [1.82, 2.24) is 10.2 Å². The van der Waals surface area contributed by atoms with Gasteiger partial charge in [0, 0.05) is 6.54 Å². The van der Waals surface area contributed by atoms with Gasteiger partial charge in [0.25, 0.3) is 0 Å². The monoisotopic (exact) mass is 289 g/mol. The lowest BCUT2D eigenvalue weighted by Gasteiger charge is -2.27. The molecule has 110 valence electrons. The molecule has 7 heteroatoms. The molecule has 1 aliphatic rings. The van der Waals surface area contributed by atoms with Gasteiger partial charge >= 0.3 is 0 Å². The Morgan fingerprint density at radius 3 is 2.48 bits per heavy atom. The summed E-state index contributed by atoms with van der Waals surface area (Å²) in [6, 6.07) is 8.52. The van der Waals surface area contributed by atoms with E-state index < -0.39 is 6.10 Å². The molecule has 2 amide bonds. The lowest BCUT2D eigenvalue weighted by atomic mass is 10.2. The molecule has 0 radical (unpaired) electrons. The standard InChI is InChI=1S/C14H15N3O4/c15-5-10-1-3-12(4-2-10)21-9-11(18)6-17-7-13(19)16-14(20)8-17/h1-4,11,18H,6-9H2,(H,16,19,20). The molecule has 7 nitrogen and oxygen atoms in total. The van der Waals surface area contributed by atoms with Crippen molar-refractivity contribution in [3.05, 3.63) is 29.8 Å². The van der Waals surface area contributed by atoms with Crippen molar-refractivity contribution in [2.45, 2.75) is 6.10 Å². The van der Waals surface area contributed by atoms with Gasteiger partial charge in [0.15, 0.2) is 0 Å². The number of aliphatic hydroxyl groups is 1. The van der Waals surface area contributed by atoms with Crippen LogP contribution in [0.4, 0.5) is 0 Å². The second-order valence-electron chi connectivity index (χ2n) is 4.74. The normalized spacial score (nSPS) is 17.0. The number of nitrogens with zero attached hydrogens (tertiary/aromatic N) is 2. The number of imide groups is 1. The molecular weight excluding hydrogens is 274 g/mol. The molecule has 1 saturated heterocycles. The number of carbonyl (C=O) groups is 2. The molecule has 0 spiro atoms. The van der Waals surface area contributed by atoms with Crippen LogP contribution in [0.25, 0.3) is 0 Å². The van der Waals surface area contributed by atoms with E-state index in [1.54, 1.807) is 29.2 Å². The number of amides is 2. The van der Waals surface area contributed by atoms with Crippen molar-refractivity contribution in [3.8, 4) is 11.8 Å². The van der Waals surface area contributed by atoms with Gasteiger partial charge in [-0.3, -0.25) is 19.8 Å². The Morgan fingerprint density at radius 1 is 1.29 bits per heavy atom. The Bertz CT molecular complexity index is 549. The predicted octanol–water partition coefficient (Wildman–Crippen LogP) is -0.744. The number of rotatable bonds is 5. The molecule has 1 heterocycles.